The molecule has 0 aliphatic heterocycles. The van der Waals surface area contributed by atoms with Gasteiger partial charge >= 0.3 is 0 Å². The van der Waals surface area contributed by atoms with Gasteiger partial charge in [0.1, 0.15) is 0 Å². The summed E-state index contributed by atoms with van der Waals surface area (Å²) in [4.78, 5) is 0. The van der Waals surface area contributed by atoms with Gasteiger partial charge in [-0.3, -0.25) is 3.11 Å². The molecule has 2 nitrogen and oxygen atoms in total. The first-order valence-electron chi connectivity index (χ1n) is 3.35. The molecule has 0 aromatic rings. The lowest BCUT2D eigenvalue weighted by molar-refractivity contribution is 0.553. The van der Waals surface area contributed by atoms with Gasteiger partial charge in [0.15, 0.2) is 0 Å². The monoisotopic (exact) mass is 242 g/mol. The van der Waals surface area contributed by atoms with Crippen molar-refractivity contribution < 1.29 is 0 Å². The standard InChI is InChI=1S/C6H15IN2/c1-3-8-5-4-6-9(2)7/h8H,3-6H2,1-2H3. The number of halogens is 1. The van der Waals surface area contributed by atoms with Crippen LogP contribution in [0.4, 0.5) is 0 Å². The van der Waals surface area contributed by atoms with Crippen LogP contribution in [0.15, 0.2) is 0 Å². The first kappa shape index (κ1) is 9.65. The zero-order valence-corrected chi connectivity index (χ0v) is 8.31. The van der Waals surface area contributed by atoms with Crippen molar-refractivity contribution >= 4 is 22.9 Å². The van der Waals surface area contributed by atoms with E-state index in [1.165, 1.54) is 13.0 Å². The molecule has 0 bridgehead atoms. The van der Waals surface area contributed by atoms with Gasteiger partial charge in [0.25, 0.3) is 0 Å². The average molecular weight is 242 g/mol. The number of hydrogen-bond donors (Lipinski definition) is 1. The summed E-state index contributed by atoms with van der Waals surface area (Å²) in [6, 6.07) is 0. The molecule has 0 unspecified atom stereocenters. The van der Waals surface area contributed by atoms with E-state index in [9.17, 15) is 0 Å². The van der Waals surface area contributed by atoms with Crippen LogP contribution < -0.4 is 5.32 Å². The van der Waals surface area contributed by atoms with Crippen LogP contribution in [0.1, 0.15) is 13.3 Å². The van der Waals surface area contributed by atoms with Gasteiger partial charge < -0.3 is 5.32 Å². The Kier molecular flexibility index (Phi) is 7.25. The van der Waals surface area contributed by atoms with Crippen molar-refractivity contribution in [2.45, 2.75) is 13.3 Å². The van der Waals surface area contributed by atoms with Crippen molar-refractivity contribution in [1.82, 2.24) is 8.43 Å². The van der Waals surface area contributed by atoms with Gasteiger partial charge in [0.2, 0.25) is 0 Å². The molecule has 0 aromatic heterocycles. The Bertz CT molecular complexity index is 57.0. The largest absolute Gasteiger partial charge is 0.317 e. The van der Waals surface area contributed by atoms with Gasteiger partial charge in [-0.25, -0.2) is 0 Å². The molecule has 0 aliphatic rings. The van der Waals surface area contributed by atoms with Gasteiger partial charge in [0, 0.05) is 29.4 Å². The predicted octanol–water partition coefficient (Wildman–Crippen LogP) is 1.27. The van der Waals surface area contributed by atoms with Gasteiger partial charge in [-0.2, -0.15) is 0 Å². The van der Waals surface area contributed by atoms with E-state index < -0.39 is 0 Å². The molecule has 3 heteroatoms. The molecule has 9 heavy (non-hydrogen) atoms. The molecular formula is C6H15IN2. The molecule has 56 valence electrons. The summed E-state index contributed by atoms with van der Waals surface area (Å²) in [6.45, 7) is 5.54. The zero-order valence-electron chi connectivity index (χ0n) is 6.15. The first-order chi connectivity index (χ1) is 4.27. The number of nitrogens with zero attached hydrogens (tertiary/aromatic N) is 1. The second kappa shape index (κ2) is 6.77. The maximum absolute atomic E-state index is 3.27. The Hall–Kier alpha value is 0.650. The molecule has 0 rings (SSSR count). The van der Waals surface area contributed by atoms with Crippen LogP contribution in [-0.2, 0) is 0 Å². The van der Waals surface area contributed by atoms with E-state index in [0.29, 0.717) is 0 Å². The lowest BCUT2D eigenvalue weighted by Gasteiger charge is -2.06. The van der Waals surface area contributed by atoms with E-state index >= 15 is 0 Å². The second-order valence-electron chi connectivity index (χ2n) is 2.04. The summed E-state index contributed by atoms with van der Waals surface area (Å²) in [5, 5.41) is 3.27. The van der Waals surface area contributed by atoms with Crippen LogP contribution in [0.25, 0.3) is 0 Å². The molecule has 0 saturated heterocycles. The Balaban J connectivity index is 2.75. The van der Waals surface area contributed by atoms with Crippen LogP contribution in [0.3, 0.4) is 0 Å². The molecule has 1 N–H and O–H groups in total. The van der Waals surface area contributed by atoms with Crippen molar-refractivity contribution in [2.24, 2.45) is 0 Å². The molecule has 0 atom stereocenters. The summed E-state index contributed by atoms with van der Waals surface area (Å²) in [5.41, 5.74) is 0. The Morgan fingerprint density at radius 1 is 1.56 bits per heavy atom. The van der Waals surface area contributed by atoms with E-state index in [0.717, 1.165) is 13.1 Å². The lowest BCUT2D eigenvalue weighted by atomic mass is 10.4. The first-order valence-corrected chi connectivity index (χ1v) is 4.31. The molecule has 0 heterocycles. The maximum Gasteiger partial charge on any atom is 0.0198 e. The third kappa shape index (κ3) is 8.65. The minimum absolute atomic E-state index is 1.09. The molecular weight excluding hydrogens is 227 g/mol. The highest BCUT2D eigenvalue weighted by molar-refractivity contribution is 14.1. The summed E-state index contributed by atoms with van der Waals surface area (Å²) >= 11 is 2.30. The van der Waals surface area contributed by atoms with Crippen molar-refractivity contribution in [1.29, 1.82) is 0 Å². The summed E-state index contributed by atoms with van der Waals surface area (Å²) in [6.07, 6.45) is 1.24. The van der Waals surface area contributed by atoms with E-state index in [1.54, 1.807) is 0 Å². The molecule has 0 saturated carbocycles. The highest BCUT2D eigenvalue weighted by atomic mass is 127. The molecule has 0 radical (unpaired) electrons. The van der Waals surface area contributed by atoms with Gasteiger partial charge in [-0.1, -0.05) is 6.92 Å². The Morgan fingerprint density at radius 2 is 2.22 bits per heavy atom. The van der Waals surface area contributed by atoms with Crippen molar-refractivity contribution in [3.63, 3.8) is 0 Å². The molecule has 0 amide bonds. The minimum Gasteiger partial charge on any atom is -0.317 e. The van der Waals surface area contributed by atoms with Crippen molar-refractivity contribution in [2.75, 3.05) is 26.7 Å². The predicted molar refractivity (Wildman–Crippen MR) is 49.8 cm³/mol. The summed E-state index contributed by atoms with van der Waals surface area (Å²) < 4.78 is 2.18. The van der Waals surface area contributed by atoms with Crippen LogP contribution >= 0.6 is 22.9 Å². The van der Waals surface area contributed by atoms with Gasteiger partial charge in [0.05, 0.1) is 0 Å². The maximum atomic E-state index is 3.27. The fourth-order valence-electron chi connectivity index (χ4n) is 0.599. The van der Waals surface area contributed by atoms with Crippen LogP contribution in [0.5, 0.6) is 0 Å². The minimum atomic E-state index is 1.09. The van der Waals surface area contributed by atoms with E-state index in [1.807, 2.05) is 0 Å². The fraction of sp³-hybridized carbons (Fsp3) is 1.00. The topological polar surface area (TPSA) is 15.3 Å². The molecule has 0 spiro atoms. The van der Waals surface area contributed by atoms with Gasteiger partial charge in [-0.05, 0) is 26.6 Å². The smallest absolute Gasteiger partial charge is 0.0198 e. The van der Waals surface area contributed by atoms with Gasteiger partial charge in [-0.15, -0.1) is 0 Å². The van der Waals surface area contributed by atoms with Crippen molar-refractivity contribution in [3.8, 4) is 0 Å². The molecule has 0 fully saturated rings. The third-order valence-electron chi connectivity index (χ3n) is 1.07. The highest BCUT2D eigenvalue weighted by Crippen LogP contribution is 1.92. The summed E-state index contributed by atoms with van der Waals surface area (Å²) in [7, 11) is 2.09. The summed E-state index contributed by atoms with van der Waals surface area (Å²) in [5.74, 6) is 0. The van der Waals surface area contributed by atoms with Crippen LogP contribution in [-0.4, -0.2) is 29.8 Å². The normalized spacial score (nSPS) is 10.7. The van der Waals surface area contributed by atoms with Crippen LogP contribution in [0, 0.1) is 0 Å². The zero-order chi connectivity index (χ0) is 7.11. The number of rotatable bonds is 5. The molecule has 0 aliphatic carbocycles. The van der Waals surface area contributed by atoms with Crippen LogP contribution in [0.2, 0.25) is 0 Å². The quantitative estimate of drug-likeness (QED) is 0.443. The van der Waals surface area contributed by atoms with Crippen molar-refractivity contribution in [3.05, 3.63) is 0 Å². The lowest BCUT2D eigenvalue weighted by Crippen LogP contribution is -2.18. The third-order valence-corrected chi connectivity index (χ3v) is 1.55. The number of nitrogens with one attached hydrogen (secondary N) is 1. The highest BCUT2D eigenvalue weighted by Gasteiger charge is 1.88. The van der Waals surface area contributed by atoms with E-state index in [2.05, 4.69) is 45.3 Å². The molecule has 0 aromatic carbocycles. The van der Waals surface area contributed by atoms with E-state index in [-0.39, 0.29) is 0 Å². The average Bonchev–Trinajstić information content (AvgIpc) is 1.80. The Labute approximate surface area is 71.5 Å². The van der Waals surface area contributed by atoms with E-state index in [4.69, 9.17) is 0 Å². The Morgan fingerprint density at radius 3 is 2.67 bits per heavy atom. The second-order valence-corrected chi connectivity index (χ2v) is 3.68. The fourth-order valence-corrected chi connectivity index (χ4v) is 0.940. The number of hydrogen-bond acceptors (Lipinski definition) is 2. The SMILES string of the molecule is CCNCCCN(C)I.